The van der Waals surface area contributed by atoms with Gasteiger partial charge in [-0.15, -0.1) is 0 Å². The minimum Gasteiger partial charge on any atom is -0.435 e. The first kappa shape index (κ1) is 24.4. The number of benzene rings is 3. The molecule has 0 bridgehead atoms. The molecule has 2 N–H and O–H groups in total. The molecule has 0 spiro atoms. The van der Waals surface area contributed by atoms with Crippen LogP contribution >= 0.6 is 0 Å². The zero-order chi connectivity index (χ0) is 24.8. The van der Waals surface area contributed by atoms with Crippen LogP contribution in [0.1, 0.15) is 10.4 Å². The zero-order valence-electron chi connectivity index (χ0n) is 16.8. The Morgan fingerprint density at radius 3 is 2.00 bits per heavy atom. The number of alkyl halides is 4. The summed E-state index contributed by atoms with van der Waals surface area (Å²) in [6, 6.07) is 10.1. The highest BCUT2D eigenvalue weighted by Crippen LogP contribution is 2.34. The second-order valence-corrected chi connectivity index (χ2v) is 6.50. The van der Waals surface area contributed by atoms with E-state index in [4.69, 9.17) is 0 Å². The van der Waals surface area contributed by atoms with Gasteiger partial charge in [0, 0.05) is 17.3 Å². The van der Waals surface area contributed by atoms with Gasteiger partial charge in [-0.05, 0) is 42.0 Å². The van der Waals surface area contributed by atoms with Gasteiger partial charge in [-0.25, -0.2) is 13.6 Å². The van der Waals surface area contributed by atoms with Crippen molar-refractivity contribution in [3.8, 4) is 22.6 Å². The van der Waals surface area contributed by atoms with Crippen LogP contribution in [0.25, 0.3) is 11.1 Å². The maximum Gasteiger partial charge on any atom is 0.387 e. The number of hydrogen-bond donors (Lipinski definition) is 2. The summed E-state index contributed by atoms with van der Waals surface area (Å²) in [4.78, 5) is 24.1. The molecule has 0 atom stereocenters. The van der Waals surface area contributed by atoms with Crippen LogP contribution in [0.4, 0.5) is 36.8 Å². The van der Waals surface area contributed by atoms with Crippen molar-refractivity contribution < 1.29 is 45.4 Å². The van der Waals surface area contributed by atoms with Crippen LogP contribution in [-0.2, 0) is 0 Å². The lowest BCUT2D eigenvalue weighted by Gasteiger charge is -2.14. The van der Waals surface area contributed by atoms with Gasteiger partial charge in [0.2, 0.25) is 0 Å². The highest BCUT2D eigenvalue weighted by Gasteiger charge is 2.20. The summed E-state index contributed by atoms with van der Waals surface area (Å²) < 4.78 is 86.5. The summed E-state index contributed by atoms with van der Waals surface area (Å²) >= 11 is 0. The summed E-state index contributed by atoms with van der Waals surface area (Å²) in [7, 11) is 0. The van der Waals surface area contributed by atoms with Crippen LogP contribution in [0.3, 0.4) is 0 Å². The molecule has 6 nitrogen and oxygen atoms in total. The minimum atomic E-state index is -3.24. The molecule has 12 heteroatoms. The maximum absolute atomic E-state index is 13.7. The monoisotopic (exact) mass is 484 g/mol. The Bertz CT molecular complexity index is 1170. The van der Waals surface area contributed by atoms with E-state index in [-0.39, 0.29) is 22.7 Å². The number of urea groups is 1. The Balaban J connectivity index is 1.79. The number of ether oxygens (including phenoxy) is 2. The maximum atomic E-state index is 13.7. The minimum absolute atomic E-state index is 0.101. The van der Waals surface area contributed by atoms with E-state index in [2.05, 4.69) is 14.8 Å². The number of nitrogens with one attached hydrogen (secondary N) is 2. The summed E-state index contributed by atoms with van der Waals surface area (Å²) in [5, 5.41) is 3.88. The fraction of sp³-hybridized carbons (Fsp3) is 0.0909. The van der Waals surface area contributed by atoms with Crippen molar-refractivity contribution in [2.24, 2.45) is 0 Å². The van der Waals surface area contributed by atoms with Gasteiger partial charge in [-0.3, -0.25) is 10.1 Å². The van der Waals surface area contributed by atoms with Gasteiger partial charge in [0.25, 0.3) is 5.91 Å². The number of amides is 3. The SMILES string of the molecule is O=C(NC(=O)c1c(F)cccc1F)Nc1ccc(-c2ccc(OC(F)F)cc2)c(OC(F)F)c1. The predicted molar refractivity (Wildman–Crippen MR) is 108 cm³/mol. The normalized spacial score (nSPS) is 10.8. The Labute approximate surface area is 188 Å². The van der Waals surface area contributed by atoms with E-state index in [1.54, 1.807) is 5.32 Å². The van der Waals surface area contributed by atoms with Gasteiger partial charge in [0.15, 0.2) is 0 Å². The van der Waals surface area contributed by atoms with Crippen molar-refractivity contribution >= 4 is 17.6 Å². The number of carbonyl (C=O) groups is 2. The van der Waals surface area contributed by atoms with E-state index < -0.39 is 42.4 Å². The summed E-state index contributed by atoms with van der Waals surface area (Å²) in [6.45, 7) is -6.28. The third-order valence-corrected chi connectivity index (χ3v) is 4.26. The third-order valence-electron chi connectivity index (χ3n) is 4.26. The lowest BCUT2D eigenvalue weighted by atomic mass is 10.0. The van der Waals surface area contributed by atoms with Gasteiger partial charge in [-0.2, -0.15) is 17.6 Å². The predicted octanol–water partition coefficient (Wildman–Crippen LogP) is 5.80. The lowest BCUT2D eigenvalue weighted by molar-refractivity contribution is -0.0504. The molecule has 0 aliphatic rings. The number of anilines is 1. The first-order chi connectivity index (χ1) is 16.1. The van der Waals surface area contributed by atoms with Crippen LogP contribution in [0, 0.1) is 11.6 Å². The molecule has 0 saturated heterocycles. The zero-order valence-corrected chi connectivity index (χ0v) is 16.8. The van der Waals surface area contributed by atoms with E-state index in [1.165, 1.54) is 36.4 Å². The van der Waals surface area contributed by atoms with Crippen molar-refractivity contribution in [2.45, 2.75) is 13.2 Å². The first-order valence-corrected chi connectivity index (χ1v) is 9.34. The summed E-state index contributed by atoms with van der Waals surface area (Å²) in [6.07, 6.45) is 0. The molecule has 0 heterocycles. The highest BCUT2D eigenvalue weighted by atomic mass is 19.3. The quantitative estimate of drug-likeness (QED) is 0.416. The van der Waals surface area contributed by atoms with E-state index >= 15 is 0 Å². The number of rotatable bonds is 7. The van der Waals surface area contributed by atoms with Crippen LogP contribution < -0.4 is 20.1 Å². The summed E-state index contributed by atoms with van der Waals surface area (Å²) in [5.74, 6) is -4.28. The van der Waals surface area contributed by atoms with Gasteiger partial charge in [-0.1, -0.05) is 18.2 Å². The molecule has 3 aromatic carbocycles. The highest BCUT2D eigenvalue weighted by molar-refractivity contribution is 6.08. The molecule has 0 radical (unpaired) electrons. The van der Waals surface area contributed by atoms with Crippen molar-refractivity contribution in [3.05, 3.63) is 77.9 Å². The largest absolute Gasteiger partial charge is 0.435 e. The number of carbonyl (C=O) groups excluding carboxylic acids is 2. The van der Waals surface area contributed by atoms with Crippen LogP contribution in [0.5, 0.6) is 11.5 Å². The molecule has 0 aliphatic heterocycles. The fourth-order valence-electron chi connectivity index (χ4n) is 2.89. The van der Waals surface area contributed by atoms with Gasteiger partial charge >= 0.3 is 19.3 Å². The van der Waals surface area contributed by atoms with E-state index in [1.807, 2.05) is 0 Å². The molecule has 0 aliphatic carbocycles. The molecule has 178 valence electrons. The number of halogens is 6. The average molecular weight is 484 g/mol. The fourth-order valence-corrected chi connectivity index (χ4v) is 2.89. The smallest absolute Gasteiger partial charge is 0.387 e. The Hall–Kier alpha value is -4.22. The van der Waals surface area contributed by atoms with Gasteiger partial charge in [0.05, 0.1) is 0 Å². The number of imide groups is 1. The van der Waals surface area contributed by atoms with Gasteiger partial charge in [0.1, 0.15) is 28.7 Å². The van der Waals surface area contributed by atoms with Crippen molar-refractivity contribution in [1.82, 2.24) is 5.32 Å². The molecular weight excluding hydrogens is 470 g/mol. The lowest BCUT2D eigenvalue weighted by Crippen LogP contribution is -2.35. The van der Waals surface area contributed by atoms with E-state index in [0.717, 1.165) is 24.3 Å². The van der Waals surface area contributed by atoms with Crippen LogP contribution in [0.15, 0.2) is 60.7 Å². The molecule has 0 unspecified atom stereocenters. The van der Waals surface area contributed by atoms with E-state index in [9.17, 15) is 35.9 Å². The topological polar surface area (TPSA) is 76.7 Å². The average Bonchev–Trinajstić information content (AvgIpc) is 2.73. The molecule has 3 aromatic rings. The second kappa shape index (κ2) is 10.6. The second-order valence-electron chi connectivity index (χ2n) is 6.50. The molecule has 3 rings (SSSR count). The summed E-state index contributed by atoms with van der Waals surface area (Å²) in [5.41, 5.74) is -0.650. The molecule has 0 saturated carbocycles. The van der Waals surface area contributed by atoms with E-state index in [0.29, 0.717) is 5.56 Å². The Morgan fingerprint density at radius 2 is 1.41 bits per heavy atom. The molecule has 3 amide bonds. The van der Waals surface area contributed by atoms with Crippen LogP contribution in [0.2, 0.25) is 0 Å². The molecular formula is C22H14F6N2O4. The molecule has 0 fully saturated rings. The van der Waals surface area contributed by atoms with Crippen molar-refractivity contribution in [2.75, 3.05) is 5.32 Å². The molecule has 34 heavy (non-hydrogen) atoms. The van der Waals surface area contributed by atoms with Crippen LogP contribution in [-0.4, -0.2) is 25.2 Å². The first-order valence-electron chi connectivity index (χ1n) is 9.34. The Kier molecular flexibility index (Phi) is 7.61. The number of hydrogen-bond acceptors (Lipinski definition) is 4. The Morgan fingerprint density at radius 1 is 0.794 bits per heavy atom. The standard InChI is InChI=1S/C22H14F6N2O4/c23-15-2-1-3-16(24)18(15)19(31)30-22(32)29-12-6-9-14(17(10-12)34-21(27)28)11-4-7-13(8-5-11)33-20(25)26/h1-10,20-21H,(H2,29,30,31,32). The molecule has 0 aromatic heterocycles. The van der Waals surface area contributed by atoms with Crippen molar-refractivity contribution in [1.29, 1.82) is 0 Å². The van der Waals surface area contributed by atoms with Crippen molar-refractivity contribution in [3.63, 3.8) is 0 Å². The third kappa shape index (κ3) is 6.18. The van der Waals surface area contributed by atoms with Gasteiger partial charge < -0.3 is 14.8 Å².